The number of nitrogens with zero attached hydrogens (tertiary/aromatic N) is 2. The molecule has 104 valence electrons. The van der Waals surface area contributed by atoms with Crippen LogP contribution in [0.3, 0.4) is 0 Å². The zero-order valence-corrected chi connectivity index (χ0v) is 11.5. The molecule has 1 aliphatic rings. The van der Waals surface area contributed by atoms with Crippen LogP contribution in [0.2, 0.25) is 0 Å². The molecular weight excluding hydrogens is 252 g/mol. The normalized spacial score (nSPS) is 16.0. The van der Waals surface area contributed by atoms with E-state index < -0.39 is 6.10 Å². The van der Waals surface area contributed by atoms with Crippen molar-refractivity contribution in [3.8, 4) is 5.75 Å². The van der Waals surface area contributed by atoms with E-state index in [0.29, 0.717) is 5.69 Å². The first kappa shape index (κ1) is 12.9. The van der Waals surface area contributed by atoms with Crippen LogP contribution in [0.5, 0.6) is 5.75 Å². The molecule has 1 aromatic carbocycles. The molecule has 2 aromatic rings. The number of rotatable bonds is 2. The summed E-state index contributed by atoms with van der Waals surface area (Å²) in [6.45, 7) is 3.34. The molecule has 1 aromatic heterocycles. The van der Waals surface area contributed by atoms with Gasteiger partial charge in [0.05, 0.1) is 36.0 Å². The fraction of sp³-hybridized carbons (Fsp3) is 0.312. The molecule has 0 saturated carbocycles. The number of benzene rings is 1. The number of aromatic nitrogens is 1. The van der Waals surface area contributed by atoms with Crippen LogP contribution in [-0.4, -0.2) is 23.2 Å². The maximum Gasteiger partial charge on any atom is 0.142 e. The molecule has 0 radical (unpaired) electrons. The second-order valence-corrected chi connectivity index (χ2v) is 4.94. The number of ether oxygens (including phenoxy) is 1. The molecule has 1 N–H and O–H groups in total. The van der Waals surface area contributed by atoms with Crippen LogP contribution in [-0.2, 0) is 0 Å². The van der Waals surface area contributed by atoms with Gasteiger partial charge in [0.1, 0.15) is 5.75 Å². The molecule has 20 heavy (non-hydrogen) atoms. The van der Waals surface area contributed by atoms with Crippen molar-refractivity contribution in [3.63, 3.8) is 0 Å². The molecule has 0 amide bonds. The monoisotopic (exact) mass is 270 g/mol. The predicted molar refractivity (Wildman–Crippen MR) is 78.4 cm³/mol. The smallest absolute Gasteiger partial charge is 0.142 e. The van der Waals surface area contributed by atoms with Gasteiger partial charge in [0.15, 0.2) is 0 Å². The van der Waals surface area contributed by atoms with Crippen molar-refractivity contribution in [2.75, 3.05) is 18.1 Å². The second kappa shape index (κ2) is 5.51. The Morgan fingerprint density at radius 1 is 1.25 bits per heavy atom. The molecule has 1 atom stereocenters. The minimum absolute atomic E-state index is 0.538. The lowest BCUT2D eigenvalue weighted by Crippen LogP contribution is -2.18. The van der Waals surface area contributed by atoms with Gasteiger partial charge in [0.2, 0.25) is 0 Å². The van der Waals surface area contributed by atoms with Gasteiger partial charge < -0.3 is 14.7 Å². The lowest BCUT2D eigenvalue weighted by Gasteiger charge is -2.23. The van der Waals surface area contributed by atoms with Gasteiger partial charge in [-0.3, -0.25) is 4.98 Å². The van der Waals surface area contributed by atoms with Crippen molar-refractivity contribution in [2.24, 2.45) is 0 Å². The number of aliphatic hydroxyl groups is 1. The summed E-state index contributed by atoms with van der Waals surface area (Å²) in [5.41, 5.74) is 2.78. The average molecular weight is 270 g/mol. The van der Waals surface area contributed by atoms with Crippen molar-refractivity contribution in [1.82, 2.24) is 4.98 Å². The van der Waals surface area contributed by atoms with Crippen LogP contribution in [0.25, 0.3) is 0 Å². The number of fused-ring (bicyclic) bond motifs is 1. The molecule has 0 spiro atoms. The van der Waals surface area contributed by atoms with E-state index in [1.165, 1.54) is 0 Å². The fourth-order valence-corrected chi connectivity index (χ4v) is 2.40. The molecule has 0 unspecified atom stereocenters. The van der Waals surface area contributed by atoms with E-state index in [9.17, 15) is 5.11 Å². The Morgan fingerprint density at radius 2 is 2.10 bits per heavy atom. The summed E-state index contributed by atoms with van der Waals surface area (Å²) in [5, 5.41) is 9.53. The highest BCUT2D eigenvalue weighted by atomic mass is 16.5. The number of pyridine rings is 1. The van der Waals surface area contributed by atoms with Gasteiger partial charge in [0, 0.05) is 6.54 Å². The molecule has 0 bridgehead atoms. The SMILES string of the molecule is C[C@@H](O)c1ccc(N2CCCOc3ccccc32)cn1. The van der Waals surface area contributed by atoms with Gasteiger partial charge in [-0.25, -0.2) is 0 Å². The zero-order chi connectivity index (χ0) is 13.9. The summed E-state index contributed by atoms with van der Waals surface area (Å²) in [7, 11) is 0. The third-order valence-corrected chi connectivity index (χ3v) is 3.45. The van der Waals surface area contributed by atoms with Crippen molar-refractivity contribution in [2.45, 2.75) is 19.4 Å². The van der Waals surface area contributed by atoms with Crippen LogP contribution in [0.15, 0.2) is 42.6 Å². The first-order valence-electron chi connectivity index (χ1n) is 6.89. The zero-order valence-electron chi connectivity index (χ0n) is 11.5. The van der Waals surface area contributed by atoms with E-state index in [4.69, 9.17) is 4.74 Å². The number of hydrogen-bond donors (Lipinski definition) is 1. The quantitative estimate of drug-likeness (QED) is 0.911. The number of aliphatic hydroxyl groups excluding tert-OH is 1. The molecular formula is C16H18N2O2. The highest BCUT2D eigenvalue weighted by Gasteiger charge is 2.17. The number of anilines is 2. The summed E-state index contributed by atoms with van der Waals surface area (Å²) in [5.74, 6) is 0.907. The number of hydrogen-bond acceptors (Lipinski definition) is 4. The lowest BCUT2D eigenvalue weighted by atomic mass is 10.2. The standard InChI is InChI=1S/C16H18N2O2/c1-12(19)14-8-7-13(11-17-14)18-9-4-10-20-16-6-3-2-5-15(16)18/h2-3,5-8,11-12,19H,4,9-10H2,1H3/t12-/m1/s1. The van der Waals surface area contributed by atoms with Crippen molar-refractivity contribution in [1.29, 1.82) is 0 Å². The van der Waals surface area contributed by atoms with Crippen LogP contribution < -0.4 is 9.64 Å². The van der Waals surface area contributed by atoms with Gasteiger partial charge in [-0.1, -0.05) is 12.1 Å². The van der Waals surface area contributed by atoms with Gasteiger partial charge >= 0.3 is 0 Å². The molecule has 4 heteroatoms. The van der Waals surface area contributed by atoms with Crippen LogP contribution >= 0.6 is 0 Å². The predicted octanol–water partition coefficient (Wildman–Crippen LogP) is 3.06. The van der Waals surface area contributed by atoms with Crippen LogP contribution in [0, 0.1) is 0 Å². The van der Waals surface area contributed by atoms with E-state index >= 15 is 0 Å². The highest BCUT2D eigenvalue weighted by molar-refractivity contribution is 5.69. The first-order chi connectivity index (χ1) is 9.75. The molecule has 3 rings (SSSR count). The molecule has 1 aliphatic heterocycles. The minimum atomic E-state index is -0.538. The van der Waals surface area contributed by atoms with E-state index in [1.54, 1.807) is 6.92 Å². The summed E-state index contributed by atoms with van der Waals surface area (Å²) >= 11 is 0. The summed E-state index contributed by atoms with van der Waals surface area (Å²) < 4.78 is 5.76. The van der Waals surface area contributed by atoms with E-state index in [-0.39, 0.29) is 0 Å². The fourth-order valence-electron chi connectivity index (χ4n) is 2.40. The Hall–Kier alpha value is -2.07. The Labute approximate surface area is 118 Å². The Kier molecular flexibility index (Phi) is 3.56. The van der Waals surface area contributed by atoms with Gasteiger partial charge in [0.25, 0.3) is 0 Å². The summed E-state index contributed by atoms with van der Waals surface area (Å²) in [6, 6.07) is 11.9. The first-order valence-corrected chi connectivity index (χ1v) is 6.89. The highest BCUT2D eigenvalue weighted by Crippen LogP contribution is 2.35. The summed E-state index contributed by atoms with van der Waals surface area (Å²) in [6.07, 6.45) is 2.24. The maximum absolute atomic E-state index is 9.53. The second-order valence-electron chi connectivity index (χ2n) is 4.94. The average Bonchev–Trinajstić information content (AvgIpc) is 2.69. The lowest BCUT2D eigenvalue weighted by molar-refractivity contribution is 0.194. The molecule has 2 heterocycles. The molecule has 0 aliphatic carbocycles. The Bertz CT molecular complexity index is 581. The third kappa shape index (κ3) is 2.47. The molecule has 0 fully saturated rings. The third-order valence-electron chi connectivity index (χ3n) is 3.45. The Balaban J connectivity index is 1.97. The van der Waals surface area contributed by atoms with Gasteiger partial charge in [-0.05, 0) is 37.6 Å². The van der Waals surface area contributed by atoms with Gasteiger partial charge in [-0.2, -0.15) is 0 Å². The molecule has 4 nitrogen and oxygen atoms in total. The maximum atomic E-state index is 9.53. The van der Waals surface area contributed by atoms with Crippen LogP contribution in [0.1, 0.15) is 25.1 Å². The molecule has 0 saturated heterocycles. The topological polar surface area (TPSA) is 45.6 Å². The van der Waals surface area contributed by atoms with Crippen molar-refractivity contribution < 1.29 is 9.84 Å². The minimum Gasteiger partial charge on any atom is -0.491 e. The largest absolute Gasteiger partial charge is 0.491 e. The van der Waals surface area contributed by atoms with Crippen LogP contribution in [0.4, 0.5) is 11.4 Å². The van der Waals surface area contributed by atoms with Crippen molar-refractivity contribution in [3.05, 3.63) is 48.3 Å². The van der Waals surface area contributed by atoms with E-state index in [2.05, 4.69) is 16.0 Å². The van der Waals surface area contributed by atoms with E-state index in [0.717, 1.165) is 36.7 Å². The summed E-state index contributed by atoms with van der Waals surface area (Å²) in [4.78, 5) is 6.53. The van der Waals surface area contributed by atoms with Gasteiger partial charge in [-0.15, -0.1) is 0 Å². The Morgan fingerprint density at radius 3 is 2.85 bits per heavy atom. The van der Waals surface area contributed by atoms with Crippen molar-refractivity contribution >= 4 is 11.4 Å². The number of para-hydroxylation sites is 2. The van der Waals surface area contributed by atoms with E-state index in [1.807, 2.05) is 36.5 Å².